The van der Waals surface area contributed by atoms with Gasteiger partial charge < -0.3 is 20.2 Å². The summed E-state index contributed by atoms with van der Waals surface area (Å²) in [5.41, 5.74) is 2.97. The van der Waals surface area contributed by atoms with E-state index in [1.807, 2.05) is 37.9 Å². The third-order valence-corrected chi connectivity index (χ3v) is 9.06. The van der Waals surface area contributed by atoms with Crippen LogP contribution >= 0.6 is 0 Å². The maximum absolute atomic E-state index is 13.5. The lowest BCUT2D eigenvalue weighted by Crippen LogP contribution is -2.43. The van der Waals surface area contributed by atoms with Crippen molar-refractivity contribution >= 4 is 34.4 Å². The topological polar surface area (TPSA) is 108 Å². The molecule has 2 N–H and O–H groups in total. The molecular weight excluding hydrogens is 494 g/mol. The minimum Gasteiger partial charge on any atom is -0.478 e. The van der Waals surface area contributed by atoms with Gasteiger partial charge in [0.1, 0.15) is 0 Å². The second kappa shape index (κ2) is 9.39. The van der Waals surface area contributed by atoms with Crippen LogP contribution in [-0.4, -0.2) is 57.6 Å². The zero-order chi connectivity index (χ0) is 27.6. The summed E-state index contributed by atoms with van der Waals surface area (Å²) < 4.78 is 1.62. The monoisotopic (exact) mass is 529 g/mol. The van der Waals surface area contributed by atoms with Gasteiger partial charge in [0.2, 0.25) is 11.9 Å². The second-order valence-electron chi connectivity index (χ2n) is 11.5. The molecule has 204 valence electrons. The zero-order valence-electron chi connectivity index (χ0n) is 22.8. The van der Waals surface area contributed by atoms with Crippen LogP contribution in [0.1, 0.15) is 53.7 Å². The number of carbonyl (C=O) groups is 2. The van der Waals surface area contributed by atoms with Gasteiger partial charge in [0.05, 0.1) is 22.5 Å². The van der Waals surface area contributed by atoms with Crippen molar-refractivity contribution in [2.75, 3.05) is 30.4 Å². The van der Waals surface area contributed by atoms with Crippen LogP contribution in [0, 0.1) is 24.7 Å². The molecule has 4 atom stereocenters. The fraction of sp³-hybridized carbons (Fsp3) is 0.467. The summed E-state index contributed by atoms with van der Waals surface area (Å²) in [4.78, 5) is 47.5. The first-order valence-electron chi connectivity index (χ1n) is 13.8. The second-order valence-corrected chi connectivity index (χ2v) is 11.5. The molecule has 9 heteroatoms. The van der Waals surface area contributed by atoms with Crippen molar-refractivity contribution in [1.29, 1.82) is 0 Å². The number of amides is 1. The van der Waals surface area contributed by atoms with E-state index in [4.69, 9.17) is 4.98 Å². The van der Waals surface area contributed by atoms with Crippen molar-refractivity contribution in [3.8, 4) is 0 Å². The van der Waals surface area contributed by atoms with Gasteiger partial charge in [0.15, 0.2) is 0 Å². The van der Waals surface area contributed by atoms with Gasteiger partial charge in [0, 0.05) is 50.4 Å². The number of piperidine rings is 1. The Balaban J connectivity index is 1.29. The molecule has 2 aliphatic carbocycles. The van der Waals surface area contributed by atoms with E-state index >= 15 is 0 Å². The quantitative estimate of drug-likeness (QED) is 0.479. The number of carboxylic acid groups (broad SMARTS) is 1. The van der Waals surface area contributed by atoms with Crippen LogP contribution in [-0.2, 0) is 11.8 Å². The van der Waals surface area contributed by atoms with Crippen LogP contribution < -0.4 is 15.8 Å². The van der Waals surface area contributed by atoms with E-state index in [0.29, 0.717) is 53.5 Å². The van der Waals surface area contributed by atoms with Gasteiger partial charge in [-0.05, 0) is 68.7 Å². The molecule has 3 aromatic rings. The first-order chi connectivity index (χ1) is 18.7. The summed E-state index contributed by atoms with van der Waals surface area (Å²) >= 11 is 0. The Bertz CT molecular complexity index is 1530. The number of benzene rings is 2. The van der Waals surface area contributed by atoms with Crippen LogP contribution in [0.15, 0.2) is 41.2 Å². The van der Waals surface area contributed by atoms with E-state index < -0.39 is 5.97 Å². The summed E-state index contributed by atoms with van der Waals surface area (Å²) in [6.07, 6.45) is 3.42. The van der Waals surface area contributed by atoms with Gasteiger partial charge in [-0.3, -0.25) is 14.2 Å². The van der Waals surface area contributed by atoms with Crippen molar-refractivity contribution < 1.29 is 14.7 Å². The SMILES string of the molecule is Cc1cc(C(C)Nc2ccccc2C(=O)O)c2nc(N3C[C@@H]4[C@H](C3)[C@@H]4C(=O)N(C)C3CCC3)n(C)c(=O)c2c1. The van der Waals surface area contributed by atoms with Crippen LogP contribution in [0.3, 0.4) is 0 Å². The summed E-state index contributed by atoms with van der Waals surface area (Å²) in [6.45, 7) is 5.32. The highest BCUT2D eigenvalue weighted by molar-refractivity contribution is 5.94. The summed E-state index contributed by atoms with van der Waals surface area (Å²) in [5.74, 6) is 0.574. The smallest absolute Gasteiger partial charge is 0.337 e. The number of aromatic nitrogens is 2. The summed E-state index contributed by atoms with van der Waals surface area (Å²) in [5, 5.41) is 13.5. The number of hydrogen-bond acceptors (Lipinski definition) is 6. The van der Waals surface area contributed by atoms with E-state index in [-0.39, 0.29) is 29.0 Å². The molecule has 6 rings (SSSR count). The zero-order valence-corrected chi connectivity index (χ0v) is 22.8. The number of anilines is 2. The molecule has 1 aliphatic heterocycles. The Morgan fingerprint density at radius 1 is 1.15 bits per heavy atom. The number of carboxylic acids is 1. The first kappa shape index (κ1) is 25.4. The third kappa shape index (κ3) is 4.24. The Labute approximate surface area is 227 Å². The highest BCUT2D eigenvalue weighted by Gasteiger charge is 2.61. The highest BCUT2D eigenvalue weighted by atomic mass is 16.4. The number of nitrogens with one attached hydrogen (secondary N) is 1. The summed E-state index contributed by atoms with van der Waals surface area (Å²) in [6, 6.07) is 10.8. The molecule has 9 nitrogen and oxygen atoms in total. The number of rotatable bonds is 7. The van der Waals surface area contributed by atoms with Gasteiger partial charge in [-0.2, -0.15) is 0 Å². The minimum absolute atomic E-state index is 0.0843. The normalized spacial score (nSPS) is 22.8. The molecule has 3 fully saturated rings. The van der Waals surface area contributed by atoms with E-state index in [9.17, 15) is 19.5 Å². The Hall–Kier alpha value is -3.88. The number of aromatic carboxylic acids is 1. The van der Waals surface area contributed by atoms with Gasteiger partial charge in [0.25, 0.3) is 5.56 Å². The molecule has 1 amide bonds. The predicted molar refractivity (Wildman–Crippen MR) is 150 cm³/mol. The minimum atomic E-state index is -1.00. The van der Waals surface area contributed by atoms with Crippen LogP contribution in [0.2, 0.25) is 0 Å². The molecule has 0 radical (unpaired) electrons. The summed E-state index contributed by atoms with van der Waals surface area (Å²) in [7, 11) is 3.70. The fourth-order valence-corrected chi connectivity index (χ4v) is 6.51. The lowest BCUT2D eigenvalue weighted by molar-refractivity contribution is -0.135. The maximum atomic E-state index is 13.5. The molecular formula is C30H35N5O4. The molecule has 0 spiro atoms. The van der Waals surface area contributed by atoms with Gasteiger partial charge >= 0.3 is 5.97 Å². The Morgan fingerprint density at radius 3 is 2.49 bits per heavy atom. The Kier molecular flexibility index (Phi) is 6.12. The lowest BCUT2D eigenvalue weighted by atomic mass is 9.91. The van der Waals surface area contributed by atoms with Gasteiger partial charge in [-0.15, -0.1) is 0 Å². The van der Waals surface area contributed by atoms with Crippen molar-refractivity contribution in [1.82, 2.24) is 14.5 Å². The van der Waals surface area contributed by atoms with E-state index in [1.165, 1.54) is 6.42 Å². The average molecular weight is 530 g/mol. The largest absolute Gasteiger partial charge is 0.478 e. The van der Waals surface area contributed by atoms with Gasteiger partial charge in [-0.25, -0.2) is 9.78 Å². The van der Waals surface area contributed by atoms with Crippen molar-refractivity contribution in [2.24, 2.45) is 24.8 Å². The van der Waals surface area contributed by atoms with Crippen molar-refractivity contribution in [2.45, 2.75) is 45.2 Å². The van der Waals surface area contributed by atoms with Gasteiger partial charge in [-0.1, -0.05) is 18.2 Å². The molecule has 0 bridgehead atoms. The predicted octanol–water partition coefficient (Wildman–Crippen LogP) is 3.81. The fourth-order valence-electron chi connectivity index (χ4n) is 6.51. The third-order valence-electron chi connectivity index (χ3n) is 9.06. The number of hydrogen-bond donors (Lipinski definition) is 2. The molecule has 2 saturated carbocycles. The van der Waals surface area contributed by atoms with Crippen LogP contribution in [0.25, 0.3) is 10.9 Å². The number of carbonyl (C=O) groups excluding carboxylic acids is 1. The van der Waals surface area contributed by atoms with E-state index in [1.54, 1.807) is 35.9 Å². The van der Waals surface area contributed by atoms with E-state index in [2.05, 4.69) is 10.2 Å². The van der Waals surface area contributed by atoms with Crippen molar-refractivity contribution in [3.05, 3.63) is 63.4 Å². The molecule has 1 unspecified atom stereocenters. The Morgan fingerprint density at radius 2 is 1.85 bits per heavy atom. The molecule has 1 aromatic heterocycles. The molecule has 3 aliphatic rings. The van der Waals surface area contributed by atoms with Crippen molar-refractivity contribution in [3.63, 3.8) is 0 Å². The number of fused-ring (bicyclic) bond motifs is 2. The molecule has 39 heavy (non-hydrogen) atoms. The molecule has 2 aromatic carbocycles. The average Bonchev–Trinajstić information content (AvgIpc) is 3.37. The molecule has 1 saturated heterocycles. The number of aryl methyl sites for hydroxylation is 1. The molecule has 2 heterocycles. The maximum Gasteiger partial charge on any atom is 0.337 e. The number of para-hydroxylation sites is 1. The highest BCUT2D eigenvalue weighted by Crippen LogP contribution is 2.53. The van der Waals surface area contributed by atoms with E-state index in [0.717, 1.165) is 24.0 Å². The van der Waals surface area contributed by atoms with Crippen LogP contribution in [0.4, 0.5) is 11.6 Å². The standard InChI is InChI=1S/C30H35N5O4/c1-16-12-20(17(2)31-24-11-6-5-10-19(24)29(38)39)26-21(13-16)27(36)34(4)30(32-26)35-14-22-23(15-35)25(22)28(37)33(3)18-8-7-9-18/h5-6,10-13,17-18,22-23,25,31H,7-9,14-15H2,1-4H3,(H,38,39)/t17?,22-,23+,25-. The number of nitrogens with zero attached hydrogens (tertiary/aromatic N) is 4. The van der Waals surface area contributed by atoms with Crippen LogP contribution in [0.5, 0.6) is 0 Å². The first-order valence-corrected chi connectivity index (χ1v) is 13.8. The lowest BCUT2D eigenvalue weighted by Gasteiger charge is -2.35.